The van der Waals surface area contributed by atoms with Gasteiger partial charge in [0.1, 0.15) is 5.69 Å². The monoisotopic (exact) mass is 372 g/mol. The number of hydrogen-bond acceptors (Lipinski definition) is 4. The Kier molecular flexibility index (Phi) is 4.72. The highest BCUT2D eigenvalue weighted by Gasteiger charge is 2.09. The van der Waals surface area contributed by atoms with E-state index in [0.717, 1.165) is 5.69 Å². The molecule has 0 aliphatic heterocycles. The molecule has 0 radical (unpaired) electrons. The van der Waals surface area contributed by atoms with Crippen molar-refractivity contribution < 1.29 is 4.79 Å². The Balaban J connectivity index is 1.47. The van der Waals surface area contributed by atoms with Gasteiger partial charge in [-0.05, 0) is 47.9 Å². The van der Waals surface area contributed by atoms with E-state index < -0.39 is 0 Å². The van der Waals surface area contributed by atoms with Crippen molar-refractivity contribution in [2.45, 2.75) is 19.8 Å². The molecule has 2 N–H and O–H groups in total. The molecular weight excluding hydrogens is 352 g/mol. The Morgan fingerprint density at radius 2 is 1.71 bits per heavy atom. The van der Waals surface area contributed by atoms with Crippen LogP contribution in [0.25, 0.3) is 17.2 Å². The SMILES string of the molecule is CC(C)c1ccc(NC(=O)Nc2ccc3nc(-c4ccccn4)nn3c2)cc1. The maximum atomic E-state index is 12.3. The van der Waals surface area contributed by atoms with Crippen molar-refractivity contribution in [1.29, 1.82) is 0 Å². The molecule has 0 bridgehead atoms. The van der Waals surface area contributed by atoms with Crippen LogP contribution in [0.4, 0.5) is 16.2 Å². The van der Waals surface area contributed by atoms with Gasteiger partial charge < -0.3 is 10.6 Å². The standard InChI is InChI=1S/C21H20N6O/c1-14(2)15-6-8-16(9-7-15)23-21(28)24-17-10-11-19-25-20(26-27(19)13-17)18-5-3-4-12-22-18/h3-14H,1-2H3,(H2,23,24,28). The number of nitrogens with zero attached hydrogens (tertiary/aromatic N) is 4. The summed E-state index contributed by atoms with van der Waals surface area (Å²) in [6, 6.07) is 16.7. The largest absolute Gasteiger partial charge is 0.323 e. The lowest BCUT2D eigenvalue weighted by Crippen LogP contribution is -2.19. The van der Waals surface area contributed by atoms with Crippen molar-refractivity contribution in [2.75, 3.05) is 10.6 Å². The minimum absolute atomic E-state index is 0.318. The summed E-state index contributed by atoms with van der Waals surface area (Å²) in [5, 5.41) is 10.1. The molecule has 3 heterocycles. The molecule has 7 nitrogen and oxygen atoms in total. The fourth-order valence-corrected chi connectivity index (χ4v) is 2.81. The predicted molar refractivity (Wildman–Crippen MR) is 109 cm³/mol. The molecule has 0 aliphatic carbocycles. The second kappa shape index (κ2) is 7.48. The second-order valence-corrected chi connectivity index (χ2v) is 6.73. The number of aromatic nitrogens is 4. The van der Waals surface area contributed by atoms with Crippen molar-refractivity contribution in [3.63, 3.8) is 0 Å². The lowest BCUT2D eigenvalue weighted by molar-refractivity contribution is 0.262. The summed E-state index contributed by atoms with van der Waals surface area (Å²) in [7, 11) is 0. The molecular formula is C21H20N6O. The first-order valence-electron chi connectivity index (χ1n) is 9.04. The number of fused-ring (bicyclic) bond motifs is 1. The van der Waals surface area contributed by atoms with Gasteiger partial charge in [0.05, 0.1) is 11.9 Å². The number of nitrogens with one attached hydrogen (secondary N) is 2. The number of urea groups is 1. The zero-order chi connectivity index (χ0) is 19.5. The van der Waals surface area contributed by atoms with E-state index in [1.165, 1.54) is 5.56 Å². The van der Waals surface area contributed by atoms with Gasteiger partial charge in [-0.25, -0.2) is 14.3 Å². The van der Waals surface area contributed by atoms with Crippen LogP contribution >= 0.6 is 0 Å². The topological polar surface area (TPSA) is 84.2 Å². The Labute approximate surface area is 162 Å². The average Bonchev–Trinajstić information content (AvgIpc) is 3.12. The van der Waals surface area contributed by atoms with Gasteiger partial charge in [0.15, 0.2) is 5.65 Å². The summed E-state index contributed by atoms with van der Waals surface area (Å²) >= 11 is 0. The van der Waals surface area contributed by atoms with E-state index in [1.54, 1.807) is 29.0 Å². The zero-order valence-corrected chi connectivity index (χ0v) is 15.6. The minimum atomic E-state index is -0.318. The molecule has 0 saturated carbocycles. The smallest absolute Gasteiger partial charge is 0.308 e. The van der Waals surface area contributed by atoms with Crippen molar-refractivity contribution in [2.24, 2.45) is 0 Å². The van der Waals surface area contributed by atoms with Crippen LogP contribution in [0.15, 0.2) is 67.0 Å². The molecule has 0 aliphatic rings. The highest BCUT2D eigenvalue weighted by molar-refractivity contribution is 5.99. The number of hydrogen-bond donors (Lipinski definition) is 2. The normalized spacial score (nSPS) is 11.0. The number of anilines is 2. The average molecular weight is 372 g/mol. The molecule has 0 fully saturated rings. The third-order valence-corrected chi connectivity index (χ3v) is 4.32. The Morgan fingerprint density at radius 1 is 0.964 bits per heavy atom. The molecule has 2 amide bonds. The lowest BCUT2D eigenvalue weighted by atomic mass is 10.0. The van der Waals surface area contributed by atoms with E-state index in [-0.39, 0.29) is 6.03 Å². The summed E-state index contributed by atoms with van der Waals surface area (Å²) in [5.41, 5.74) is 3.95. The van der Waals surface area contributed by atoms with Crippen LogP contribution in [0.5, 0.6) is 0 Å². The number of pyridine rings is 2. The van der Waals surface area contributed by atoms with Crippen LogP contribution in [-0.4, -0.2) is 25.6 Å². The number of carbonyl (C=O) groups is 1. The third-order valence-electron chi connectivity index (χ3n) is 4.32. The van der Waals surface area contributed by atoms with Crippen LogP contribution in [0, 0.1) is 0 Å². The van der Waals surface area contributed by atoms with Gasteiger partial charge >= 0.3 is 6.03 Å². The van der Waals surface area contributed by atoms with E-state index in [0.29, 0.717) is 28.8 Å². The maximum absolute atomic E-state index is 12.3. The van der Waals surface area contributed by atoms with E-state index in [1.807, 2.05) is 42.5 Å². The fraction of sp³-hybridized carbons (Fsp3) is 0.143. The molecule has 4 rings (SSSR count). The molecule has 0 spiro atoms. The van der Waals surface area contributed by atoms with Crippen LogP contribution in [0.3, 0.4) is 0 Å². The molecule has 0 unspecified atom stereocenters. The van der Waals surface area contributed by atoms with Gasteiger partial charge in [-0.2, -0.15) is 0 Å². The molecule has 3 aromatic heterocycles. The van der Waals surface area contributed by atoms with E-state index >= 15 is 0 Å². The quantitative estimate of drug-likeness (QED) is 0.550. The maximum Gasteiger partial charge on any atom is 0.323 e. The molecule has 4 aromatic rings. The molecule has 140 valence electrons. The van der Waals surface area contributed by atoms with Gasteiger partial charge in [-0.1, -0.05) is 32.0 Å². The van der Waals surface area contributed by atoms with Crippen LogP contribution in [-0.2, 0) is 0 Å². The third kappa shape index (κ3) is 3.83. The summed E-state index contributed by atoms with van der Waals surface area (Å²) < 4.78 is 1.62. The number of carbonyl (C=O) groups excluding carboxylic acids is 1. The van der Waals surface area contributed by atoms with Crippen molar-refractivity contribution >= 4 is 23.1 Å². The molecule has 0 saturated heterocycles. The highest BCUT2D eigenvalue weighted by atomic mass is 16.2. The molecule has 28 heavy (non-hydrogen) atoms. The van der Waals surface area contributed by atoms with Gasteiger partial charge in [0.25, 0.3) is 0 Å². The van der Waals surface area contributed by atoms with Gasteiger partial charge in [-0.15, -0.1) is 5.10 Å². The van der Waals surface area contributed by atoms with Gasteiger partial charge in [-0.3, -0.25) is 4.98 Å². The number of benzene rings is 1. The zero-order valence-electron chi connectivity index (χ0n) is 15.6. The summed E-state index contributed by atoms with van der Waals surface area (Å²) in [4.78, 5) is 21.0. The number of rotatable bonds is 4. The van der Waals surface area contributed by atoms with Crippen LogP contribution in [0.2, 0.25) is 0 Å². The van der Waals surface area contributed by atoms with Crippen molar-refractivity contribution in [1.82, 2.24) is 19.6 Å². The summed E-state index contributed by atoms with van der Waals surface area (Å²) in [5.74, 6) is 0.987. The Bertz CT molecular complexity index is 1100. The second-order valence-electron chi connectivity index (χ2n) is 6.73. The van der Waals surface area contributed by atoms with Gasteiger partial charge in [0.2, 0.25) is 5.82 Å². The van der Waals surface area contributed by atoms with Crippen molar-refractivity contribution in [3.8, 4) is 11.5 Å². The van der Waals surface area contributed by atoms with Crippen molar-refractivity contribution in [3.05, 3.63) is 72.6 Å². The summed E-state index contributed by atoms with van der Waals surface area (Å²) in [6.45, 7) is 4.27. The van der Waals surface area contributed by atoms with E-state index in [9.17, 15) is 4.79 Å². The first-order chi connectivity index (χ1) is 13.6. The fourth-order valence-electron chi connectivity index (χ4n) is 2.81. The molecule has 0 atom stereocenters. The van der Waals surface area contributed by atoms with Crippen LogP contribution in [0.1, 0.15) is 25.3 Å². The van der Waals surface area contributed by atoms with Gasteiger partial charge in [0, 0.05) is 11.9 Å². The first-order valence-corrected chi connectivity index (χ1v) is 9.04. The highest BCUT2D eigenvalue weighted by Crippen LogP contribution is 2.18. The van der Waals surface area contributed by atoms with Crippen LogP contribution < -0.4 is 10.6 Å². The molecule has 1 aromatic carbocycles. The van der Waals surface area contributed by atoms with E-state index in [2.05, 4.69) is 39.5 Å². The molecule has 7 heteroatoms. The van der Waals surface area contributed by atoms with E-state index in [4.69, 9.17) is 0 Å². The Hall–Kier alpha value is -3.74. The summed E-state index contributed by atoms with van der Waals surface area (Å²) in [6.07, 6.45) is 3.42. The number of amides is 2. The first kappa shape index (κ1) is 17.7. The Morgan fingerprint density at radius 3 is 2.43 bits per heavy atom. The minimum Gasteiger partial charge on any atom is -0.308 e. The lowest BCUT2D eigenvalue weighted by Gasteiger charge is -2.09. The predicted octanol–water partition coefficient (Wildman–Crippen LogP) is 4.56.